The molecule has 0 spiro atoms. The zero-order valence-corrected chi connectivity index (χ0v) is 17.4. The van der Waals surface area contributed by atoms with Crippen molar-refractivity contribution in [3.05, 3.63) is 0 Å². The summed E-state index contributed by atoms with van der Waals surface area (Å²) in [7, 11) is -1.46. The highest BCUT2D eigenvalue weighted by molar-refractivity contribution is 6.83. The summed E-state index contributed by atoms with van der Waals surface area (Å²) in [4.78, 5) is 0. The van der Waals surface area contributed by atoms with Crippen LogP contribution in [0.4, 0.5) is 0 Å². The van der Waals surface area contributed by atoms with Crippen LogP contribution in [0, 0.1) is 29.2 Å². The summed E-state index contributed by atoms with van der Waals surface area (Å²) in [6.07, 6.45) is 12.9. The molecule has 2 aliphatic rings. The Morgan fingerprint density at radius 1 is 1.04 bits per heavy atom. The lowest BCUT2D eigenvalue weighted by Crippen LogP contribution is -2.41. The van der Waals surface area contributed by atoms with E-state index >= 15 is 0 Å². The predicted octanol–water partition coefficient (Wildman–Crippen LogP) is 5.37. The van der Waals surface area contributed by atoms with Gasteiger partial charge in [0, 0.05) is 6.42 Å². The normalized spacial score (nSPS) is 34.5. The Labute approximate surface area is 150 Å². The molecule has 1 N–H and O–H groups in total. The molecule has 0 radical (unpaired) electrons. The molecule has 1 saturated carbocycles. The Morgan fingerprint density at radius 3 is 2.29 bits per heavy atom. The molecule has 2 rings (SSSR count). The fraction of sp³-hybridized carbons (Fsp3) is 0.905. The SMILES string of the molecule is CCCCCC1CCC(C2CCC(O)(C#C[Si](C)(C)C)OC2)CC1. The van der Waals surface area contributed by atoms with Gasteiger partial charge in [-0.1, -0.05) is 65.1 Å². The van der Waals surface area contributed by atoms with Crippen LogP contribution < -0.4 is 0 Å². The molecule has 1 aliphatic carbocycles. The molecule has 0 bridgehead atoms. The van der Waals surface area contributed by atoms with Gasteiger partial charge in [-0.25, -0.2) is 0 Å². The van der Waals surface area contributed by atoms with E-state index in [4.69, 9.17) is 4.74 Å². The lowest BCUT2D eigenvalue weighted by atomic mass is 9.72. The summed E-state index contributed by atoms with van der Waals surface area (Å²) in [5.41, 5.74) is 3.27. The van der Waals surface area contributed by atoms with Gasteiger partial charge in [0.2, 0.25) is 5.79 Å². The summed E-state index contributed by atoms with van der Waals surface area (Å²) in [6, 6.07) is 0. The topological polar surface area (TPSA) is 29.5 Å². The molecule has 138 valence electrons. The number of aliphatic hydroxyl groups is 1. The minimum Gasteiger partial charge on any atom is -0.356 e. The van der Waals surface area contributed by atoms with Crippen LogP contribution >= 0.6 is 0 Å². The van der Waals surface area contributed by atoms with E-state index in [2.05, 4.69) is 38.0 Å². The van der Waals surface area contributed by atoms with E-state index in [0.29, 0.717) is 18.9 Å². The average molecular weight is 351 g/mol. The van der Waals surface area contributed by atoms with Crippen LogP contribution in [0.3, 0.4) is 0 Å². The fourth-order valence-electron chi connectivity index (χ4n) is 4.17. The largest absolute Gasteiger partial charge is 0.356 e. The van der Waals surface area contributed by atoms with Crippen LogP contribution in [0.2, 0.25) is 19.6 Å². The van der Waals surface area contributed by atoms with Gasteiger partial charge >= 0.3 is 0 Å². The van der Waals surface area contributed by atoms with Crippen LogP contribution in [-0.4, -0.2) is 25.6 Å². The van der Waals surface area contributed by atoms with Crippen LogP contribution in [0.5, 0.6) is 0 Å². The number of unbranched alkanes of at least 4 members (excludes halogenated alkanes) is 2. The molecule has 2 nitrogen and oxygen atoms in total. The minimum atomic E-state index is -1.46. The van der Waals surface area contributed by atoms with Crippen molar-refractivity contribution in [2.45, 2.75) is 96.6 Å². The van der Waals surface area contributed by atoms with Crippen LogP contribution in [0.1, 0.15) is 71.1 Å². The Kier molecular flexibility index (Phi) is 7.40. The highest BCUT2D eigenvalue weighted by Gasteiger charge is 2.37. The van der Waals surface area contributed by atoms with E-state index in [1.54, 1.807) is 0 Å². The zero-order valence-electron chi connectivity index (χ0n) is 16.4. The Balaban J connectivity index is 1.74. The van der Waals surface area contributed by atoms with Crippen molar-refractivity contribution in [3.8, 4) is 11.5 Å². The first kappa shape index (κ1) is 20.0. The molecule has 2 fully saturated rings. The summed E-state index contributed by atoms with van der Waals surface area (Å²) in [6.45, 7) is 9.59. The van der Waals surface area contributed by atoms with Crippen molar-refractivity contribution < 1.29 is 9.84 Å². The van der Waals surface area contributed by atoms with Crippen molar-refractivity contribution in [3.63, 3.8) is 0 Å². The average Bonchev–Trinajstić information content (AvgIpc) is 2.54. The Morgan fingerprint density at radius 2 is 1.75 bits per heavy atom. The first-order valence-corrected chi connectivity index (χ1v) is 13.7. The molecule has 2 unspecified atom stereocenters. The minimum absolute atomic E-state index is 0.635. The number of hydrogen-bond donors (Lipinski definition) is 1. The zero-order chi connectivity index (χ0) is 17.6. The maximum atomic E-state index is 10.5. The summed E-state index contributed by atoms with van der Waals surface area (Å²) in [5, 5.41) is 10.5. The number of ether oxygens (including phenoxy) is 1. The van der Waals surface area contributed by atoms with Gasteiger partial charge in [-0.2, -0.15) is 0 Å². The summed E-state index contributed by atoms with van der Waals surface area (Å²) >= 11 is 0. The van der Waals surface area contributed by atoms with Gasteiger partial charge in [-0.15, -0.1) is 5.54 Å². The van der Waals surface area contributed by atoms with E-state index in [-0.39, 0.29) is 0 Å². The van der Waals surface area contributed by atoms with Crippen molar-refractivity contribution in [1.29, 1.82) is 0 Å². The fourth-order valence-corrected chi connectivity index (χ4v) is 4.74. The summed E-state index contributed by atoms with van der Waals surface area (Å²) < 4.78 is 5.84. The number of rotatable bonds is 5. The van der Waals surface area contributed by atoms with E-state index in [0.717, 1.165) is 18.3 Å². The van der Waals surface area contributed by atoms with Crippen molar-refractivity contribution in [2.24, 2.45) is 17.8 Å². The van der Waals surface area contributed by atoms with Gasteiger partial charge in [0.15, 0.2) is 0 Å². The standard InChI is InChI=1S/C21H38O2Si/c1-5-6-7-8-18-9-11-19(12-10-18)20-13-14-21(22,23-17-20)15-16-24(2,3)4/h18-20,22H,5-14,17H2,1-4H3. The molecular weight excluding hydrogens is 312 g/mol. The van der Waals surface area contributed by atoms with Crippen molar-refractivity contribution in [1.82, 2.24) is 0 Å². The van der Waals surface area contributed by atoms with Crippen molar-refractivity contribution >= 4 is 8.07 Å². The van der Waals surface area contributed by atoms with E-state index < -0.39 is 13.9 Å². The molecule has 2 atom stereocenters. The van der Waals surface area contributed by atoms with E-state index in [1.807, 2.05) is 0 Å². The van der Waals surface area contributed by atoms with Crippen molar-refractivity contribution in [2.75, 3.05) is 6.61 Å². The third-order valence-electron chi connectivity index (χ3n) is 5.80. The maximum absolute atomic E-state index is 10.5. The smallest absolute Gasteiger partial charge is 0.230 e. The van der Waals surface area contributed by atoms with Gasteiger partial charge in [0.25, 0.3) is 0 Å². The van der Waals surface area contributed by atoms with Gasteiger partial charge in [-0.05, 0) is 42.9 Å². The van der Waals surface area contributed by atoms with Gasteiger partial charge in [-0.3, -0.25) is 0 Å². The van der Waals surface area contributed by atoms with Crippen LogP contribution in [0.15, 0.2) is 0 Å². The monoisotopic (exact) mass is 350 g/mol. The van der Waals surface area contributed by atoms with Crippen LogP contribution in [-0.2, 0) is 4.74 Å². The molecule has 1 heterocycles. The lowest BCUT2D eigenvalue weighted by Gasteiger charge is -2.39. The second kappa shape index (κ2) is 8.88. The predicted molar refractivity (Wildman–Crippen MR) is 104 cm³/mol. The third-order valence-corrected chi connectivity index (χ3v) is 6.67. The molecule has 0 aromatic heterocycles. The highest BCUT2D eigenvalue weighted by atomic mass is 28.3. The first-order valence-electron chi connectivity index (χ1n) is 10.2. The third kappa shape index (κ3) is 6.54. The maximum Gasteiger partial charge on any atom is 0.230 e. The highest BCUT2D eigenvalue weighted by Crippen LogP contribution is 2.40. The molecule has 1 aliphatic heterocycles. The molecule has 1 saturated heterocycles. The molecule has 0 aromatic carbocycles. The summed E-state index contributed by atoms with van der Waals surface area (Å²) in [5.74, 6) is 4.28. The molecule has 0 aromatic rings. The first-order chi connectivity index (χ1) is 11.3. The van der Waals surface area contributed by atoms with Gasteiger partial charge < -0.3 is 9.84 Å². The molecule has 24 heavy (non-hydrogen) atoms. The van der Waals surface area contributed by atoms with Crippen LogP contribution in [0.25, 0.3) is 0 Å². The number of hydrogen-bond acceptors (Lipinski definition) is 2. The second-order valence-corrected chi connectivity index (χ2v) is 13.9. The molecular formula is C21H38O2Si. The lowest BCUT2D eigenvalue weighted by molar-refractivity contribution is -0.201. The van der Waals surface area contributed by atoms with Gasteiger partial charge in [0.1, 0.15) is 8.07 Å². The van der Waals surface area contributed by atoms with E-state index in [1.165, 1.54) is 51.4 Å². The quantitative estimate of drug-likeness (QED) is 0.410. The van der Waals surface area contributed by atoms with Gasteiger partial charge in [0.05, 0.1) is 6.61 Å². The Bertz CT molecular complexity index is 427. The Hall–Kier alpha value is -0.303. The second-order valence-electron chi connectivity index (χ2n) is 9.17. The molecule has 0 amide bonds. The van der Waals surface area contributed by atoms with E-state index in [9.17, 15) is 5.11 Å². The molecule has 3 heteroatoms.